The van der Waals surface area contributed by atoms with Gasteiger partial charge >= 0.3 is 0 Å². The fraction of sp³-hybridized carbons (Fsp3) is 0.0909. The molecule has 2 N–H and O–H groups in total. The van der Waals surface area contributed by atoms with Gasteiger partial charge in [0.1, 0.15) is 5.82 Å². The summed E-state index contributed by atoms with van der Waals surface area (Å²) in [6.45, 7) is -0.963. The number of aromatic nitrogens is 2. The molecule has 1 aromatic heterocycles. The van der Waals surface area contributed by atoms with Gasteiger partial charge in [-0.1, -0.05) is 0 Å². The van der Waals surface area contributed by atoms with Crippen molar-refractivity contribution in [1.29, 1.82) is 10.5 Å². The molecule has 0 fully saturated rings. The zero-order chi connectivity index (χ0) is 27.7. The predicted octanol–water partition coefficient (Wildman–Crippen LogP) is 4.99. The third-order valence-electron chi connectivity index (χ3n) is 3.48. The minimum absolute atomic E-state index is 0.106. The molecule has 0 aliphatic rings. The van der Waals surface area contributed by atoms with Crippen LogP contribution in [0.5, 0.6) is 0 Å². The van der Waals surface area contributed by atoms with E-state index in [0.29, 0.717) is 11.1 Å². The molecule has 0 amide bonds. The van der Waals surface area contributed by atoms with E-state index < -0.39 is 48.8 Å². The van der Waals surface area contributed by atoms with Crippen LogP contribution in [0.2, 0.25) is 0 Å². The monoisotopic (exact) mass is 375 g/mol. The Morgan fingerprint density at radius 3 is 2.61 bits per heavy atom. The van der Waals surface area contributed by atoms with Crippen LogP contribution in [-0.4, -0.2) is 9.97 Å². The maximum absolute atomic E-state index is 9.12. The lowest BCUT2D eigenvalue weighted by Gasteiger charge is -2.14. The molecule has 0 saturated heterocycles. The summed E-state index contributed by atoms with van der Waals surface area (Å²) in [6, 6.07) is 3.72. The molecule has 0 spiro atoms. The van der Waals surface area contributed by atoms with Crippen molar-refractivity contribution >= 4 is 29.2 Å². The second kappa shape index (κ2) is 8.48. The molecule has 0 radical (unpaired) electrons. The summed E-state index contributed by atoms with van der Waals surface area (Å²) < 4.78 is 72.1. The lowest BCUT2D eigenvalue weighted by molar-refractivity contribution is 1.16. The van der Waals surface area contributed by atoms with Crippen LogP contribution in [-0.2, 0) is 0 Å². The highest BCUT2D eigenvalue weighted by molar-refractivity contribution is 5.69. The number of nitrogens with zero attached hydrogens (tertiary/aromatic N) is 4. The van der Waals surface area contributed by atoms with Crippen molar-refractivity contribution in [1.82, 2.24) is 9.97 Å². The normalized spacial score (nSPS) is 15.3. The van der Waals surface area contributed by atoms with Gasteiger partial charge in [0.25, 0.3) is 0 Å². The molecule has 3 rings (SSSR count). The number of hydrogen-bond donors (Lipinski definition) is 2. The Morgan fingerprint density at radius 2 is 1.89 bits per heavy atom. The Morgan fingerprint density at radius 1 is 1.11 bits per heavy atom. The summed E-state index contributed by atoms with van der Waals surface area (Å²) in [5.41, 5.74) is 0.136. The Kier molecular flexibility index (Phi) is 3.10. The van der Waals surface area contributed by atoms with Gasteiger partial charge in [0, 0.05) is 27.7 Å². The number of hydrogen-bond acceptors (Lipinski definition) is 6. The Hall–Kier alpha value is -4.16. The third kappa shape index (κ3) is 4.51. The molecule has 0 atom stereocenters. The van der Waals surface area contributed by atoms with Gasteiger partial charge in [-0.2, -0.15) is 15.5 Å². The summed E-state index contributed by atoms with van der Waals surface area (Å²) in [4.78, 5) is 7.92. The number of nitriles is 2. The number of benzene rings is 2. The third-order valence-corrected chi connectivity index (χ3v) is 3.48. The van der Waals surface area contributed by atoms with E-state index in [-0.39, 0.29) is 28.7 Å². The molecule has 0 saturated carbocycles. The fourth-order valence-corrected chi connectivity index (χ4v) is 2.28. The van der Waals surface area contributed by atoms with E-state index in [1.165, 1.54) is 18.2 Å². The molecule has 0 unspecified atom stereocenters. The van der Waals surface area contributed by atoms with Gasteiger partial charge in [-0.3, -0.25) is 0 Å². The molecule has 0 aliphatic carbocycles. The number of anilines is 4. The summed E-state index contributed by atoms with van der Waals surface area (Å²) in [5, 5.41) is 23.2. The molecule has 2 aromatic carbocycles. The van der Waals surface area contributed by atoms with Crippen LogP contribution in [0, 0.1) is 36.4 Å². The molecule has 28 heavy (non-hydrogen) atoms. The Labute approximate surface area is 176 Å². The van der Waals surface area contributed by atoms with Gasteiger partial charge < -0.3 is 10.6 Å². The van der Waals surface area contributed by atoms with Crippen molar-refractivity contribution in [2.75, 3.05) is 10.6 Å². The molecular formula is C22H18N6. The van der Waals surface area contributed by atoms with Crippen LogP contribution < -0.4 is 10.6 Å². The number of nitrogens with one attached hydrogen (secondary N) is 2. The SMILES string of the molecule is [2H]c1nc(Nc2c([2H])c([2H])c(C#N)c([2H])c2[2H])nc(Nc2c(C)cc(/C=C/C#N)cc2C([2H])([2H])[2H])c1[2H]. The summed E-state index contributed by atoms with van der Waals surface area (Å²) >= 11 is 0. The van der Waals surface area contributed by atoms with Crippen molar-refractivity contribution in [3.63, 3.8) is 0 Å². The van der Waals surface area contributed by atoms with Crippen LogP contribution in [0.3, 0.4) is 0 Å². The van der Waals surface area contributed by atoms with E-state index in [4.69, 9.17) is 22.9 Å². The second-order valence-corrected chi connectivity index (χ2v) is 5.47. The number of rotatable bonds is 5. The van der Waals surface area contributed by atoms with E-state index in [1.807, 2.05) is 6.07 Å². The first-order valence-electron chi connectivity index (χ1n) is 12.4. The van der Waals surface area contributed by atoms with Gasteiger partial charge in [-0.25, -0.2) is 4.98 Å². The van der Waals surface area contributed by atoms with E-state index in [0.717, 1.165) is 0 Å². The highest BCUT2D eigenvalue weighted by Gasteiger charge is 2.07. The molecule has 1 heterocycles. The zero-order valence-electron chi connectivity index (χ0n) is 23.6. The van der Waals surface area contributed by atoms with Crippen LogP contribution in [0.15, 0.2) is 54.6 Å². The summed E-state index contributed by atoms with van der Waals surface area (Å²) in [5.74, 6) is -0.601. The van der Waals surface area contributed by atoms with E-state index in [9.17, 15) is 0 Å². The predicted molar refractivity (Wildman–Crippen MR) is 110 cm³/mol. The van der Waals surface area contributed by atoms with Crippen LogP contribution in [0.4, 0.5) is 23.1 Å². The molecule has 0 bridgehead atoms. The second-order valence-electron chi connectivity index (χ2n) is 5.47. The number of allylic oxidation sites excluding steroid dienone is 1. The maximum atomic E-state index is 9.12. The smallest absolute Gasteiger partial charge is 0.229 e. The lowest BCUT2D eigenvalue weighted by Crippen LogP contribution is -2.02. The molecule has 136 valence electrons. The van der Waals surface area contributed by atoms with E-state index in [2.05, 4.69) is 20.6 Å². The Bertz CT molecular complexity index is 1490. The topological polar surface area (TPSA) is 97.4 Å². The van der Waals surface area contributed by atoms with Gasteiger partial charge in [-0.15, -0.1) is 0 Å². The van der Waals surface area contributed by atoms with Gasteiger partial charge in [-0.05, 0) is 78.9 Å². The first-order valence-corrected chi connectivity index (χ1v) is 7.91. The maximum Gasteiger partial charge on any atom is 0.229 e. The minimum Gasteiger partial charge on any atom is -0.340 e. The average Bonchev–Trinajstić information content (AvgIpc) is 2.83. The molecule has 6 nitrogen and oxygen atoms in total. The fourth-order valence-electron chi connectivity index (χ4n) is 2.28. The van der Waals surface area contributed by atoms with E-state index >= 15 is 0 Å². The zero-order valence-corrected chi connectivity index (χ0v) is 14.6. The van der Waals surface area contributed by atoms with Crippen molar-refractivity contribution in [2.45, 2.75) is 13.8 Å². The highest BCUT2D eigenvalue weighted by atomic mass is 15.1. The van der Waals surface area contributed by atoms with Gasteiger partial charge in [0.15, 0.2) is 0 Å². The van der Waals surface area contributed by atoms with Crippen molar-refractivity contribution in [3.05, 3.63) is 76.8 Å². The summed E-state index contributed by atoms with van der Waals surface area (Å²) in [7, 11) is 0. The van der Waals surface area contributed by atoms with Crippen LogP contribution in [0.1, 0.15) is 34.6 Å². The summed E-state index contributed by atoms with van der Waals surface area (Å²) in [6.07, 6.45) is 2.09. The first kappa shape index (κ1) is 10.2. The quantitative estimate of drug-likeness (QED) is 0.610. The Balaban J connectivity index is 2.12. The van der Waals surface area contributed by atoms with Crippen molar-refractivity contribution in [3.8, 4) is 12.1 Å². The van der Waals surface area contributed by atoms with Crippen LogP contribution >= 0.6 is 0 Å². The van der Waals surface area contributed by atoms with Gasteiger partial charge in [0.05, 0.1) is 25.9 Å². The van der Waals surface area contributed by atoms with Crippen molar-refractivity contribution < 1.29 is 12.3 Å². The number of aryl methyl sites for hydroxylation is 2. The molecule has 3 aromatic rings. The first-order chi connectivity index (χ1) is 17.3. The average molecular weight is 375 g/mol. The van der Waals surface area contributed by atoms with Crippen LogP contribution in [0.25, 0.3) is 6.08 Å². The standard InChI is InChI=1S/C22H18N6/c1-15-12-18(4-3-10-23)13-16(2)21(15)27-20-9-11-25-22(28-20)26-19-7-5-17(14-24)6-8-19/h3-9,11-13H,1-2H3,(H2,25,26,27,28)/b4-3+/i1D3,5D,6D,7D,8D,9D,11D. The van der Waals surface area contributed by atoms with E-state index in [1.54, 1.807) is 19.1 Å². The van der Waals surface area contributed by atoms with Gasteiger partial charge in [0.2, 0.25) is 5.95 Å². The van der Waals surface area contributed by atoms with Crippen molar-refractivity contribution in [2.24, 2.45) is 0 Å². The molecule has 6 heteroatoms. The lowest BCUT2D eigenvalue weighted by atomic mass is 10.0. The molecule has 0 aliphatic heterocycles. The highest BCUT2D eigenvalue weighted by Crippen LogP contribution is 2.26. The largest absolute Gasteiger partial charge is 0.340 e. The molecular weight excluding hydrogens is 348 g/mol. The minimum atomic E-state index is -2.58.